The molecule has 0 spiro atoms. The van der Waals surface area contributed by atoms with Gasteiger partial charge in [-0.05, 0) is 72.8 Å². The molecule has 29 heavy (non-hydrogen) atoms. The van der Waals surface area contributed by atoms with Crippen molar-refractivity contribution >= 4 is 29.3 Å². The monoisotopic (exact) mass is 413 g/mol. The molecule has 1 amide bonds. The maximum Gasteiger partial charge on any atom is 0.335 e. The number of tetrazole rings is 1. The molecule has 0 aliphatic carbocycles. The van der Waals surface area contributed by atoms with Crippen LogP contribution in [0, 0.1) is 0 Å². The Balaban J connectivity index is 1.66. The van der Waals surface area contributed by atoms with E-state index in [1.165, 1.54) is 23.9 Å². The summed E-state index contributed by atoms with van der Waals surface area (Å²) in [6.45, 7) is 4.23. The van der Waals surface area contributed by atoms with Crippen molar-refractivity contribution < 1.29 is 19.4 Å². The van der Waals surface area contributed by atoms with Gasteiger partial charge in [0.15, 0.2) is 0 Å². The quantitative estimate of drug-likeness (QED) is 0.541. The van der Waals surface area contributed by atoms with Gasteiger partial charge in [0.05, 0.1) is 23.1 Å². The summed E-state index contributed by atoms with van der Waals surface area (Å²) >= 11 is 1.21. The Morgan fingerprint density at radius 2 is 1.86 bits per heavy atom. The van der Waals surface area contributed by atoms with E-state index in [0.717, 1.165) is 11.4 Å². The zero-order chi connectivity index (χ0) is 20.8. The van der Waals surface area contributed by atoms with E-state index in [2.05, 4.69) is 20.8 Å². The van der Waals surface area contributed by atoms with E-state index in [-0.39, 0.29) is 11.5 Å². The topological polar surface area (TPSA) is 119 Å². The number of carbonyl (C=O) groups is 2. The molecule has 1 atom stereocenters. The summed E-state index contributed by atoms with van der Waals surface area (Å²) in [7, 11) is 0. The number of benzene rings is 2. The molecule has 2 aromatic carbocycles. The number of rotatable bonds is 8. The van der Waals surface area contributed by atoms with Gasteiger partial charge in [0.25, 0.3) is 0 Å². The van der Waals surface area contributed by atoms with Crippen LogP contribution in [0.2, 0.25) is 0 Å². The van der Waals surface area contributed by atoms with Crippen molar-refractivity contribution in [3.05, 3.63) is 54.1 Å². The number of carboxylic acids is 1. The van der Waals surface area contributed by atoms with Crippen LogP contribution in [-0.2, 0) is 4.79 Å². The lowest BCUT2D eigenvalue weighted by Crippen LogP contribution is -2.23. The van der Waals surface area contributed by atoms with Crippen molar-refractivity contribution in [3.63, 3.8) is 0 Å². The first-order chi connectivity index (χ1) is 14.0. The minimum atomic E-state index is -1.02. The SMILES string of the molecule is CCOc1ccc(-n2nnnc2S[C@@H](C)C(=O)Nc2ccc(C(=O)O)cc2)cc1. The number of carbonyl (C=O) groups excluding carboxylic acids is 1. The third-order valence-corrected chi connectivity index (χ3v) is 4.92. The molecule has 2 N–H and O–H groups in total. The number of amides is 1. The minimum absolute atomic E-state index is 0.153. The van der Waals surface area contributed by atoms with Crippen LogP contribution in [0.1, 0.15) is 24.2 Å². The van der Waals surface area contributed by atoms with Gasteiger partial charge in [-0.25, -0.2) is 4.79 Å². The van der Waals surface area contributed by atoms with Crippen molar-refractivity contribution in [2.45, 2.75) is 24.3 Å². The highest BCUT2D eigenvalue weighted by atomic mass is 32.2. The number of carboxylic acid groups (broad SMARTS) is 1. The maximum atomic E-state index is 12.5. The molecule has 0 radical (unpaired) electrons. The fourth-order valence-corrected chi connectivity index (χ4v) is 3.22. The molecule has 3 rings (SSSR count). The van der Waals surface area contributed by atoms with E-state index in [1.807, 2.05) is 31.2 Å². The van der Waals surface area contributed by atoms with Crippen molar-refractivity contribution in [1.29, 1.82) is 0 Å². The molecule has 0 unspecified atom stereocenters. The predicted octanol–water partition coefficient (Wildman–Crippen LogP) is 2.88. The third kappa shape index (κ3) is 5.11. The zero-order valence-corrected chi connectivity index (χ0v) is 16.6. The van der Waals surface area contributed by atoms with Crippen LogP contribution < -0.4 is 10.1 Å². The van der Waals surface area contributed by atoms with Crippen LogP contribution in [0.4, 0.5) is 5.69 Å². The Bertz CT molecular complexity index is 989. The largest absolute Gasteiger partial charge is 0.494 e. The third-order valence-electron chi connectivity index (χ3n) is 3.88. The molecule has 0 bridgehead atoms. The number of hydrogen-bond donors (Lipinski definition) is 2. The molecule has 3 aromatic rings. The van der Waals surface area contributed by atoms with Gasteiger partial charge < -0.3 is 15.2 Å². The van der Waals surface area contributed by atoms with Gasteiger partial charge in [-0.2, -0.15) is 4.68 Å². The Labute approximate surface area is 171 Å². The first kappa shape index (κ1) is 20.3. The summed E-state index contributed by atoms with van der Waals surface area (Å²) in [6.07, 6.45) is 0. The van der Waals surface area contributed by atoms with E-state index in [9.17, 15) is 9.59 Å². The molecule has 9 nitrogen and oxygen atoms in total. The summed E-state index contributed by atoms with van der Waals surface area (Å²) in [4.78, 5) is 23.4. The van der Waals surface area contributed by atoms with Crippen LogP contribution in [0.5, 0.6) is 5.75 Å². The Hall–Kier alpha value is -3.40. The predicted molar refractivity (Wildman–Crippen MR) is 108 cm³/mol. The maximum absolute atomic E-state index is 12.5. The van der Waals surface area contributed by atoms with Crippen LogP contribution in [0.15, 0.2) is 53.7 Å². The normalized spacial score (nSPS) is 11.7. The minimum Gasteiger partial charge on any atom is -0.494 e. The molecular weight excluding hydrogens is 394 g/mol. The number of anilines is 1. The van der Waals surface area contributed by atoms with E-state index in [4.69, 9.17) is 9.84 Å². The number of nitrogens with one attached hydrogen (secondary N) is 1. The van der Waals surface area contributed by atoms with Gasteiger partial charge >= 0.3 is 5.97 Å². The Morgan fingerprint density at radius 1 is 1.17 bits per heavy atom. The van der Waals surface area contributed by atoms with Crippen molar-refractivity contribution in [2.75, 3.05) is 11.9 Å². The second kappa shape index (κ2) is 9.20. The highest BCUT2D eigenvalue weighted by Gasteiger charge is 2.19. The fourth-order valence-electron chi connectivity index (χ4n) is 2.42. The van der Waals surface area contributed by atoms with Gasteiger partial charge in [-0.15, -0.1) is 5.10 Å². The van der Waals surface area contributed by atoms with E-state index in [1.54, 1.807) is 23.7 Å². The van der Waals surface area contributed by atoms with Gasteiger partial charge in [-0.1, -0.05) is 11.8 Å². The number of ether oxygens (including phenoxy) is 1. The number of thioether (sulfide) groups is 1. The molecule has 0 saturated heterocycles. The first-order valence-corrected chi connectivity index (χ1v) is 9.68. The second-order valence-electron chi connectivity index (χ2n) is 5.93. The Morgan fingerprint density at radius 3 is 2.48 bits per heavy atom. The smallest absolute Gasteiger partial charge is 0.335 e. The Kier molecular flexibility index (Phi) is 6.45. The lowest BCUT2D eigenvalue weighted by atomic mass is 10.2. The summed E-state index contributed by atoms with van der Waals surface area (Å²) < 4.78 is 6.98. The molecule has 0 aliphatic heterocycles. The molecule has 10 heteroatoms. The fraction of sp³-hybridized carbons (Fsp3) is 0.211. The molecule has 0 aliphatic rings. The van der Waals surface area contributed by atoms with Crippen molar-refractivity contribution in [2.24, 2.45) is 0 Å². The van der Waals surface area contributed by atoms with E-state index in [0.29, 0.717) is 17.5 Å². The van der Waals surface area contributed by atoms with Gasteiger partial charge in [-0.3, -0.25) is 4.79 Å². The molecule has 0 fully saturated rings. The van der Waals surface area contributed by atoms with Crippen LogP contribution in [0.25, 0.3) is 5.69 Å². The van der Waals surface area contributed by atoms with Gasteiger partial charge in [0.1, 0.15) is 5.75 Å². The van der Waals surface area contributed by atoms with Gasteiger partial charge in [0, 0.05) is 5.69 Å². The van der Waals surface area contributed by atoms with Crippen LogP contribution >= 0.6 is 11.8 Å². The molecule has 1 aromatic heterocycles. The summed E-state index contributed by atoms with van der Waals surface area (Å²) in [5.74, 6) is -0.521. The van der Waals surface area contributed by atoms with E-state index >= 15 is 0 Å². The zero-order valence-electron chi connectivity index (χ0n) is 15.8. The summed E-state index contributed by atoms with van der Waals surface area (Å²) in [5, 5.41) is 23.4. The number of nitrogens with zero attached hydrogens (tertiary/aromatic N) is 4. The average molecular weight is 413 g/mol. The second-order valence-corrected chi connectivity index (χ2v) is 7.24. The van der Waals surface area contributed by atoms with Crippen LogP contribution in [-0.4, -0.2) is 49.0 Å². The van der Waals surface area contributed by atoms with Crippen molar-refractivity contribution in [3.8, 4) is 11.4 Å². The molecule has 1 heterocycles. The standard InChI is InChI=1S/C19H19N5O4S/c1-3-28-16-10-8-15(9-11-16)24-19(21-22-23-24)29-12(2)17(25)20-14-6-4-13(5-7-14)18(26)27/h4-12H,3H2,1-2H3,(H,20,25)(H,26,27)/t12-/m0/s1. The molecule has 150 valence electrons. The molecular formula is C19H19N5O4S. The lowest BCUT2D eigenvalue weighted by molar-refractivity contribution is -0.115. The van der Waals surface area contributed by atoms with Gasteiger partial charge in [0.2, 0.25) is 11.1 Å². The number of hydrogen-bond acceptors (Lipinski definition) is 7. The average Bonchev–Trinajstić information content (AvgIpc) is 3.17. The van der Waals surface area contributed by atoms with Crippen molar-refractivity contribution in [1.82, 2.24) is 20.2 Å². The van der Waals surface area contributed by atoms with E-state index < -0.39 is 11.2 Å². The summed E-state index contributed by atoms with van der Waals surface area (Å²) in [5.41, 5.74) is 1.41. The first-order valence-electron chi connectivity index (χ1n) is 8.80. The van der Waals surface area contributed by atoms with Crippen LogP contribution in [0.3, 0.4) is 0 Å². The highest BCUT2D eigenvalue weighted by Crippen LogP contribution is 2.25. The highest BCUT2D eigenvalue weighted by molar-refractivity contribution is 8.00. The number of aromatic carboxylic acids is 1. The molecule has 0 saturated carbocycles. The summed E-state index contributed by atoms with van der Waals surface area (Å²) in [6, 6.07) is 13.3. The lowest BCUT2D eigenvalue weighted by Gasteiger charge is -2.12. The number of aromatic nitrogens is 4.